The van der Waals surface area contributed by atoms with E-state index in [1.807, 2.05) is 0 Å². The summed E-state index contributed by atoms with van der Waals surface area (Å²) in [5.41, 5.74) is 7.26. The predicted octanol–water partition coefficient (Wildman–Crippen LogP) is 2.20. The summed E-state index contributed by atoms with van der Waals surface area (Å²) in [7, 11) is 0. The van der Waals surface area contributed by atoms with Crippen LogP contribution in [-0.2, 0) is 0 Å². The van der Waals surface area contributed by atoms with Gasteiger partial charge in [-0.3, -0.25) is 0 Å². The summed E-state index contributed by atoms with van der Waals surface area (Å²) >= 11 is 0. The maximum atomic E-state index is 11.2. The molecule has 1 aliphatic carbocycles. The van der Waals surface area contributed by atoms with Gasteiger partial charge in [0.25, 0.3) is 0 Å². The highest BCUT2D eigenvalue weighted by Crippen LogP contribution is 2.41. The normalized spacial score (nSPS) is 17.5. The number of aromatic hydroxyl groups is 1. The molecule has 2 rings (SSSR count). The average Bonchev–Trinajstić information content (AvgIpc) is 2.18. The first-order valence-corrected chi connectivity index (χ1v) is 5.83. The van der Waals surface area contributed by atoms with E-state index in [9.17, 15) is 9.90 Å². The van der Waals surface area contributed by atoms with Crippen molar-refractivity contribution in [2.24, 2.45) is 11.7 Å². The zero-order valence-corrected chi connectivity index (χ0v) is 9.81. The Balaban J connectivity index is 2.48. The Hall–Kier alpha value is -1.55. The molecule has 0 aliphatic heterocycles. The van der Waals surface area contributed by atoms with Crippen LogP contribution in [0.3, 0.4) is 0 Å². The predicted molar refractivity (Wildman–Crippen MR) is 64.1 cm³/mol. The number of aryl methyl sites for hydroxylation is 1. The van der Waals surface area contributed by atoms with E-state index in [2.05, 4.69) is 0 Å². The summed E-state index contributed by atoms with van der Waals surface area (Å²) in [5.74, 6) is -0.713. The number of carbonyl (C=O) groups is 1. The minimum absolute atomic E-state index is 0.0318. The van der Waals surface area contributed by atoms with E-state index in [0.717, 1.165) is 19.3 Å². The lowest BCUT2D eigenvalue weighted by atomic mass is 9.76. The monoisotopic (exact) mass is 235 g/mol. The van der Waals surface area contributed by atoms with Crippen LogP contribution >= 0.6 is 0 Å². The Kier molecular flexibility index (Phi) is 3.07. The number of phenols is 1. The number of hydrogen-bond acceptors (Lipinski definition) is 3. The van der Waals surface area contributed by atoms with E-state index in [0.29, 0.717) is 17.0 Å². The minimum atomic E-state index is -1.04. The molecule has 4 heteroatoms. The van der Waals surface area contributed by atoms with Crippen LogP contribution in [-0.4, -0.2) is 16.2 Å². The SMILES string of the molecule is Cc1ccc(C(=O)O)c([C@@H](N)C2CCC2)c1O. The van der Waals surface area contributed by atoms with Gasteiger partial charge in [-0.05, 0) is 37.3 Å². The van der Waals surface area contributed by atoms with Crippen molar-refractivity contribution in [2.45, 2.75) is 32.2 Å². The van der Waals surface area contributed by atoms with Gasteiger partial charge in [0, 0.05) is 11.6 Å². The van der Waals surface area contributed by atoms with Gasteiger partial charge >= 0.3 is 5.97 Å². The van der Waals surface area contributed by atoms with Crippen LogP contribution in [0, 0.1) is 12.8 Å². The molecule has 1 aliphatic rings. The molecule has 0 saturated heterocycles. The number of nitrogens with two attached hydrogens (primary N) is 1. The summed E-state index contributed by atoms with van der Waals surface area (Å²) in [5, 5.41) is 19.2. The van der Waals surface area contributed by atoms with Crippen molar-refractivity contribution in [1.29, 1.82) is 0 Å². The zero-order chi connectivity index (χ0) is 12.6. The first-order chi connectivity index (χ1) is 8.02. The fourth-order valence-electron chi connectivity index (χ4n) is 2.28. The Labute approximate surface area is 100 Å². The Morgan fingerprint density at radius 1 is 1.47 bits per heavy atom. The number of phenolic OH excluding ortho intramolecular Hbond substituents is 1. The van der Waals surface area contributed by atoms with Crippen molar-refractivity contribution in [3.63, 3.8) is 0 Å². The highest BCUT2D eigenvalue weighted by Gasteiger charge is 2.30. The van der Waals surface area contributed by atoms with Crippen molar-refractivity contribution in [3.05, 3.63) is 28.8 Å². The van der Waals surface area contributed by atoms with Crippen molar-refractivity contribution in [3.8, 4) is 5.75 Å². The average molecular weight is 235 g/mol. The van der Waals surface area contributed by atoms with E-state index in [-0.39, 0.29) is 17.4 Å². The van der Waals surface area contributed by atoms with Gasteiger partial charge in [-0.2, -0.15) is 0 Å². The summed E-state index contributed by atoms with van der Waals surface area (Å²) in [4.78, 5) is 11.2. The summed E-state index contributed by atoms with van der Waals surface area (Å²) in [6, 6.07) is 2.75. The van der Waals surface area contributed by atoms with Crippen molar-refractivity contribution < 1.29 is 15.0 Å². The van der Waals surface area contributed by atoms with Gasteiger partial charge in [-0.15, -0.1) is 0 Å². The van der Waals surface area contributed by atoms with E-state index < -0.39 is 5.97 Å². The summed E-state index contributed by atoms with van der Waals surface area (Å²) < 4.78 is 0. The maximum Gasteiger partial charge on any atom is 0.336 e. The molecular formula is C13H17NO3. The van der Waals surface area contributed by atoms with Crippen LogP contribution in [0.15, 0.2) is 12.1 Å². The quantitative estimate of drug-likeness (QED) is 0.750. The number of aromatic carboxylic acids is 1. The third kappa shape index (κ3) is 2.00. The Morgan fingerprint density at radius 2 is 2.12 bits per heavy atom. The molecule has 0 amide bonds. The van der Waals surface area contributed by atoms with Crippen LogP contribution in [0.1, 0.15) is 46.8 Å². The fraction of sp³-hybridized carbons (Fsp3) is 0.462. The molecule has 0 unspecified atom stereocenters. The molecule has 1 saturated carbocycles. The molecule has 4 N–H and O–H groups in total. The second-order valence-corrected chi connectivity index (χ2v) is 4.71. The molecule has 1 aromatic carbocycles. The fourth-order valence-corrected chi connectivity index (χ4v) is 2.28. The Bertz CT molecular complexity index is 452. The number of hydrogen-bond donors (Lipinski definition) is 3. The highest BCUT2D eigenvalue weighted by atomic mass is 16.4. The molecule has 1 atom stereocenters. The molecule has 17 heavy (non-hydrogen) atoms. The molecule has 0 bridgehead atoms. The van der Waals surface area contributed by atoms with Crippen molar-refractivity contribution in [1.82, 2.24) is 0 Å². The zero-order valence-electron chi connectivity index (χ0n) is 9.81. The van der Waals surface area contributed by atoms with Gasteiger partial charge in [0.05, 0.1) is 5.56 Å². The van der Waals surface area contributed by atoms with Crippen LogP contribution in [0.4, 0.5) is 0 Å². The van der Waals surface area contributed by atoms with Crippen LogP contribution in [0.2, 0.25) is 0 Å². The third-order valence-corrected chi connectivity index (χ3v) is 3.64. The lowest BCUT2D eigenvalue weighted by molar-refractivity contribution is 0.0693. The molecule has 1 fully saturated rings. The topological polar surface area (TPSA) is 83.5 Å². The van der Waals surface area contributed by atoms with E-state index in [1.165, 1.54) is 6.07 Å². The number of carboxylic acids is 1. The molecule has 0 aromatic heterocycles. The smallest absolute Gasteiger partial charge is 0.336 e. The van der Waals surface area contributed by atoms with Gasteiger partial charge in [0.1, 0.15) is 5.75 Å². The van der Waals surface area contributed by atoms with Crippen LogP contribution < -0.4 is 5.73 Å². The first-order valence-electron chi connectivity index (χ1n) is 5.83. The van der Waals surface area contributed by atoms with Crippen molar-refractivity contribution in [2.75, 3.05) is 0 Å². The van der Waals surface area contributed by atoms with Gasteiger partial charge in [0.2, 0.25) is 0 Å². The van der Waals surface area contributed by atoms with Crippen LogP contribution in [0.25, 0.3) is 0 Å². The largest absolute Gasteiger partial charge is 0.507 e. The van der Waals surface area contributed by atoms with E-state index >= 15 is 0 Å². The second kappa shape index (κ2) is 4.37. The lowest BCUT2D eigenvalue weighted by Gasteiger charge is -2.32. The molecule has 0 heterocycles. The standard InChI is InChI=1S/C13H17NO3/c1-7-5-6-9(13(16)17)10(12(7)15)11(14)8-3-2-4-8/h5-6,8,11,15H,2-4,14H2,1H3,(H,16,17)/t11-/m0/s1. The molecule has 0 spiro atoms. The second-order valence-electron chi connectivity index (χ2n) is 4.71. The summed E-state index contributed by atoms with van der Waals surface area (Å²) in [6.07, 6.45) is 3.15. The molecule has 1 aromatic rings. The minimum Gasteiger partial charge on any atom is -0.507 e. The molecule has 4 nitrogen and oxygen atoms in total. The summed E-state index contributed by atoms with van der Waals surface area (Å²) in [6.45, 7) is 1.75. The molecule has 92 valence electrons. The van der Waals surface area contributed by atoms with Crippen LogP contribution in [0.5, 0.6) is 5.75 Å². The van der Waals surface area contributed by atoms with E-state index in [1.54, 1.807) is 13.0 Å². The van der Waals surface area contributed by atoms with Crippen molar-refractivity contribution >= 4 is 5.97 Å². The van der Waals surface area contributed by atoms with E-state index in [4.69, 9.17) is 10.8 Å². The van der Waals surface area contributed by atoms with Gasteiger partial charge in [-0.1, -0.05) is 12.5 Å². The van der Waals surface area contributed by atoms with Gasteiger partial charge in [-0.25, -0.2) is 4.79 Å². The van der Waals surface area contributed by atoms with Gasteiger partial charge < -0.3 is 15.9 Å². The number of rotatable bonds is 3. The molecule has 0 radical (unpaired) electrons. The number of carboxylic acid groups (broad SMARTS) is 1. The third-order valence-electron chi connectivity index (χ3n) is 3.64. The molecular weight excluding hydrogens is 218 g/mol. The van der Waals surface area contributed by atoms with Gasteiger partial charge in [0.15, 0.2) is 0 Å². The maximum absolute atomic E-state index is 11.2. The number of benzene rings is 1. The highest BCUT2D eigenvalue weighted by molar-refractivity contribution is 5.90. The first kappa shape index (κ1) is 11.9. The lowest BCUT2D eigenvalue weighted by Crippen LogP contribution is -2.28. The Morgan fingerprint density at radius 3 is 2.59 bits per heavy atom.